The second-order valence-electron chi connectivity index (χ2n) is 7.59. The van der Waals surface area contributed by atoms with Gasteiger partial charge in [-0.2, -0.15) is 0 Å². The van der Waals surface area contributed by atoms with Crippen LogP contribution in [0.1, 0.15) is 58.8 Å². The lowest BCUT2D eigenvalue weighted by atomic mass is 9.95. The minimum atomic E-state index is -0.190. The molecule has 2 fully saturated rings. The second kappa shape index (κ2) is 10.6. The summed E-state index contributed by atoms with van der Waals surface area (Å²) in [5, 5.41) is 3.42. The van der Waals surface area contributed by atoms with Crippen molar-refractivity contribution >= 4 is 11.9 Å². The van der Waals surface area contributed by atoms with Crippen molar-refractivity contribution < 1.29 is 4.79 Å². The van der Waals surface area contributed by atoms with Gasteiger partial charge in [0.1, 0.15) is 0 Å². The van der Waals surface area contributed by atoms with Crippen molar-refractivity contribution in [1.29, 1.82) is 0 Å². The third-order valence-electron chi connectivity index (χ3n) is 5.45. The van der Waals surface area contributed by atoms with E-state index in [1.807, 2.05) is 0 Å². The molecule has 2 unspecified atom stereocenters. The standard InChI is InChI=1S/C19H37N5O/c1-3-21-19(24-12-6-9-17(15-24)14-18(20)25)22-10-7-13-23-11-5-4-8-16(23)2/h16-17H,3-15H2,1-2H3,(H2,20,25)(H,21,22). The summed E-state index contributed by atoms with van der Waals surface area (Å²) in [4.78, 5) is 21.0. The molecule has 6 nitrogen and oxygen atoms in total. The van der Waals surface area contributed by atoms with Crippen LogP contribution in [0.4, 0.5) is 0 Å². The SMILES string of the molecule is CCNC(=NCCCN1CCCCC1C)N1CCCC(CC(N)=O)C1. The quantitative estimate of drug-likeness (QED) is 0.417. The molecule has 3 N–H and O–H groups in total. The Kier molecular flexibility index (Phi) is 8.52. The van der Waals surface area contributed by atoms with Crippen LogP contribution in [0.15, 0.2) is 4.99 Å². The van der Waals surface area contributed by atoms with E-state index in [1.54, 1.807) is 0 Å². The van der Waals surface area contributed by atoms with Gasteiger partial charge in [-0.05, 0) is 58.4 Å². The van der Waals surface area contributed by atoms with Crippen molar-refractivity contribution in [2.24, 2.45) is 16.6 Å². The lowest BCUT2D eigenvalue weighted by molar-refractivity contribution is -0.119. The zero-order chi connectivity index (χ0) is 18.1. The number of carbonyl (C=O) groups is 1. The van der Waals surface area contributed by atoms with Crippen molar-refractivity contribution in [2.45, 2.75) is 64.8 Å². The van der Waals surface area contributed by atoms with Crippen LogP contribution < -0.4 is 11.1 Å². The van der Waals surface area contributed by atoms with Crippen LogP contribution in [0, 0.1) is 5.92 Å². The molecule has 0 aromatic heterocycles. The average molecular weight is 352 g/mol. The number of hydrogen-bond acceptors (Lipinski definition) is 3. The fraction of sp³-hybridized carbons (Fsp3) is 0.895. The number of nitrogens with two attached hydrogens (primary N) is 1. The molecule has 2 rings (SSSR count). The number of guanidine groups is 1. The third-order valence-corrected chi connectivity index (χ3v) is 5.45. The summed E-state index contributed by atoms with van der Waals surface area (Å²) in [6.07, 6.45) is 7.84. The van der Waals surface area contributed by atoms with Crippen molar-refractivity contribution in [3.63, 3.8) is 0 Å². The molecule has 0 bridgehead atoms. The maximum absolute atomic E-state index is 11.2. The fourth-order valence-electron chi connectivity index (χ4n) is 4.08. The molecule has 0 radical (unpaired) electrons. The lowest BCUT2D eigenvalue weighted by Gasteiger charge is -2.35. The smallest absolute Gasteiger partial charge is 0.217 e. The van der Waals surface area contributed by atoms with Crippen LogP contribution in [0.25, 0.3) is 0 Å². The maximum atomic E-state index is 11.2. The number of hydrogen-bond donors (Lipinski definition) is 2. The van der Waals surface area contributed by atoms with Gasteiger partial charge in [-0.25, -0.2) is 0 Å². The summed E-state index contributed by atoms with van der Waals surface area (Å²) in [7, 11) is 0. The van der Waals surface area contributed by atoms with E-state index in [-0.39, 0.29) is 5.91 Å². The highest BCUT2D eigenvalue weighted by Gasteiger charge is 2.23. The number of aliphatic imine (C=N–C) groups is 1. The van der Waals surface area contributed by atoms with Gasteiger partial charge in [0, 0.05) is 45.2 Å². The van der Waals surface area contributed by atoms with Gasteiger partial charge in [-0.3, -0.25) is 9.79 Å². The summed E-state index contributed by atoms with van der Waals surface area (Å²) >= 11 is 0. The second-order valence-corrected chi connectivity index (χ2v) is 7.59. The van der Waals surface area contributed by atoms with Crippen LogP contribution in [-0.4, -0.2) is 67.0 Å². The van der Waals surface area contributed by atoms with E-state index in [2.05, 4.69) is 29.0 Å². The highest BCUT2D eigenvalue weighted by molar-refractivity contribution is 5.80. The number of likely N-dealkylation sites (tertiary alicyclic amines) is 2. The first-order chi connectivity index (χ1) is 12.1. The Morgan fingerprint density at radius 2 is 2.08 bits per heavy atom. The van der Waals surface area contributed by atoms with Crippen LogP contribution in [0.2, 0.25) is 0 Å². The number of carbonyl (C=O) groups excluding carboxylic acids is 1. The Bertz CT molecular complexity index is 440. The highest BCUT2D eigenvalue weighted by atomic mass is 16.1. The highest BCUT2D eigenvalue weighted by Crippen LogP contribution is 2.19. The number of piperidine rings is 2. The summed E-state index contributed by atoms with van der Waals surface area (Å²) in [6.45, 7) is 10.5. The first kappa shape index (κ1) is 20.0. The first-order valence-electron chi connectivity index (χ1n) is 10.2. The molecule has 144 valence electrons. The van der Waals surface area contributed by atoms with Crippen LogP contribution in [-0.2, 0) is 4.79 Å². The summed E-state index contributed by atoms with van der Waals surface area (Å²) in [5.74, 6) is 1.18. The molecule has 0 aliphatic carbocycles. The molecule has 25 heavy (non-hydrogen) atoms. The Hall–Kier alpha value is -1.30. The number of rotatable bonds is 7. The van der Waals surface area contributed by atoms with Crippen molar-refractivity contribution in [2.75, 3.05) is 39.3 Å². The number of nitrogens with zero attached hydrogens (tertiary/aromatic N) is 3. The predicted octanol–water partition coefficient (Wildman–Crippen LogP) is 1.80. The van der Waals surface area contributed by atoms with E-state index in [0.717, 1.165) is 64.0 Å². The topological polar surface area (TPSA) is 74.0 Å². The van der Waals surface area contributed by atoms with Crippen LogP contribution >= 0.6 is 0 Å². The van der Waals surface area contributed by atoms with Gasteiger partial charge in [0.15, 0.2) is 5.96 Å². The third kappa shape index (κ3) is 6.84. The first-order valence-corrected chi connectivity index (χ1v) is 10.2. The fourth-order valence-corrected chi connectivity index (χ4v) is 4.08. The summed E-state index contributed by atoms with van der Waals surface area (Å²) in [5.41, 5.74) is 5.38. The number of amides is 1. The Morgan fingerprint density at radius 1 is 1.24 bits per heavy atom. The van der Waals surface area contributed by atoms with E-state index < -0.39 is 0 Å². The molecule has 0 aromatic rings. The molecule has 2 aliphatic heterocycles. The number of primary amides is 1. The molecule has 6 heteroatoms. The average Bonchev–Trinajstić information content (AvgIpc) is 2.59. The monoisotopic (exact) mass is 351 g/mol. The molecule has 2 atom stereocenters. The van der Waals surface area contributed by atoms with Gasteiger partial charge in [0.2, 0.25) is 5.91 Å². The van der Waals surface area contributed by atoms with Gasteiger partial charge in [-0.1, -0.05) is 6.42 Å². The summed E-state index contributed by atoms with van der Waals surface area (Å²) < 4.78 is 0. The minimum Gasteiger partial charge on any atom is -0.370 e. The molecule has 0 aromatic carbocycles. The Balaban J connectivity index is 1.81. The van der Waals surface area contributed by atoms with E-state index in [9.17, 15) is 4.79 Å². The van der Waals surface area contributed by atoms with E-state index in [0.29, 0.717) is 12.3 Å². The normalized spacial score (nSPS) is 25.8. The van der Waals surface area contributed by atoms with Gasteiger partial charge in [-0.15, -0.1) is 0 Å². The van der Waals surface area contributed by atoms with E-state index in [1.165, 1.54) is 25.8 Å². The molecule has 0 spiro atoms. The van der Waals surface area contributed by atoms with Crippen LogP contribution in [0.5, 0.6) is 0 Å². The predicted molar refractivity (Wildman–Crippen MR) is 104 cm³/mol. The summed E-state index contributed by atoms with van der Waals surface area (Å²) in [6, 6.07) is 0.725. The van der Waals surface area contributed by atoms with Crippen molar-refractivity contribution in [3.8, 4) is 0 Å². The Labute approximate surface area is 153 Å². The maximum Gasteiger partial charge on any atom is 0.217 e. The minimum absolute atomic E-state index is 0.190. The molecular formula is C19H37N5O. The molecule has 1 amide bonds. The van der Waals surface area contributed by atoms with Gasteiger partial charge in [0.25, 0.3) is 0 Å². The Morgan fingerprint density at radius 3 is 2.80 bits per heavy atom. The molecule has 2 heterocycles. The van der Waals surface area contributed by atoms with Gasteiger partial charge >= 0.3 is 0 Å². The van der Waals surface area contributed by atoms with Gasteiger partial charge < -0.3 is 20.9 Å². The zero-order valence-electron chi connectivity index (χ0n) is 16.2. The molecular weight excluding hydrogens is 314 g/mol. The van der Waals surface area contributed by atoms with Crippen molar-refractivity contribution in [1.82, 2.24) is 15.1 Å². The zero-order valence-corrected chi connectivity index (χ0v) is 16.2. The molecule has 2 aliphatic rings. The lowest BCUT2D eigenvalue weighted by Crippen LogP contribution is -2.47. The van der Waals surface area contributed by atoms with Gasteiger partial charge in [0.05, 0.1) is 0 Å². The van der Waals surface area contributed by atoms with Crippen molar-refractivity contribution in [3.05, 3.63) is 0 Å². The number of nitrogens with one attached hydrogen (secondary N) is 1. The largest absolute Gasteiger partial charge is 0.370 e. The molecule has 2 saturated heterocycles. The van der Waals surface area contributed by atoms with E-state index in [4.69, 9.17) is 10.7 Å². The molecule has 0 saturated carbocycles. The van der Waals surface area contributed by atoms with E-state index >= 15 is 0 Å². The van der Waals surface area contributed by atoms with Crippen LogP contribution in [0.3, 0.4) is 0 Å².